The minimum Gasteiger partial charge on any atom is -0.365 e. The molecule has 1 fully saturated rings. The molecule has 0 radical (unpaired) electrons. The number of hydrogen-bond donors (Lipinski definition) is 2. The minimum absolute atomic E-state index is 0.0303. The number of benzene rings is 1. The van der Waals surface area contributed by atoms with Gasteiger partial charge in [0.05, 0.1) is 5.56 Å². The number of amides is 2. The Bertz CT molecular complexity index is 798. The Labute approximate surface area is 166 Å². The number of hydrogen-bond acceptors (Lipinski definition) is 4. The average molecular weight is 380 g/mol. The first-order valence-corrected chi connectivity index (χ1v) is 10.0. The van der Waals surface area contributed by atoms with Crippen molar-refractivity contribution in [2.45, 2.75) is 45.6 Å². The van der Waals surface area contributed by atoms with Gasteiger partial charge in [0.1, 0.15) is 5.82 Å². The van der Waals surface area contributed by atoms with Crippen molar-refractivity contribution in [2.75, 3.05) is 23.7 Å². The summed E-state index contributed by atoms with van der Waals surface area (Å²) < 4.78 is 0. The largest absolute Gasteiger partial charge is 0.365 e. The molecule has 2 aromatic rings. The number of carbonyl (C=O) groups excluding carboxylic acids is 2. The summed E-state index contributed by atoms with van der Waals surface area (Å²) in [6.45, 7) is 4.17. The number of carbonyl (C=O) groups is 2. The zero-order valence-corrected chi connectivity index (χ0v) is 16.4. The number of pyridine rings is 1. The van der Waals surface area contributed by atoms with Crippen LogP contribution < -0.4 is 10.6 Å². The van der Waals surface area contributed by atoms with E-state index in [-0.39, 0.29) is 11.8 Å². The Balaban J connectivity index is 1.61. The fourth-order valence-corrected chi connectivity index (χ4v) is 3.33. The van der Waals surface area contributed by atoms with E-state index in [9.17, 15) is 9.59 Å². The molecular weight excluding hydrogens is 352 g/mol. The minimum atomic E-state index is 0.0303. The summed E-state index contributed by atoms with van der Waals surface area (Å²) in [5.74, 6) is 0.686. The number of anilines is 2. The van der Waals surface area contributed by atoms with E-state index in [1.165, 1.54) is 6.42 Å². The lowest BCUT2D eigenvalue weighted by molar-refractivity contribution is -0.116. The first kappa shape index (κ1) is 19.9. The van der Waals surface area contributed by atoms with E-state index < -0.39 is 0 Å². The van der Waals surface area contributed by atoms with Crippen molar-refractivity contribution in [1.29, 1.82) is 0 Å². The standard InChI is InChI=1S/C22H28N4O2/c1-2-7-20(27)25-18-11-9-17(10-12-18)16-24-21-19(8-6-13-23-21)22(28)26-14-4-3-5-15-26/h6,8-13H,2-5,7,14-16H2,1H3,(H,23,24)(H,25,27). The van der Waals surface area contributed by atoms with E-state index in [4.69, 9.17) is 0 Å². The molecule has 1 aromatic heterocycles. The van der Waals surface area contributed by atoms with Gasteiger partial charge in [-0.15, -0.1) is 0 Å². The van der Waals surface area contributed by atoms with Crippen LogP contribution in [-0.2, 0) is 11.3 Å². The highest BCUT2D eigenvalue weighted by molar-refractivity contribution is 5.98. The smallest absolute Gasteiger partial charge is 0.257 e. The number of rotatable bonds is 7. The van der Waals surface area contributed by atoms with E-state index in [1.807, 2.05) is 42.2 Å². The van der Waals surface area contributed by atoms with Crippen molar-refractivity contribution in [3.05, 3.63) is 53.7 Å². The molecule has 0 saturated carbocycles. The van der Waals surface area contributed by atoms with Gasteiger partial charge in [0.2, 0.25) is 5.91 Å². The summed E-state index contributed by atoms with van der Waals surface area (Å²) in [6.07, 6.45) is 6.37. The lowest BCUT2D eigenvalue weighted by atomic mass is 10.1. The molecule has 0 aliphatic carbocycles. The van der Waals surface area contributed by atoms with Gasteiger partial charge in [0.15, 0.2) is 0 Å². The Morgan fingerprint density at radius 1 is 1.07 bits per heavy atom. The second-order valence-electron chi connectivity index (χ2n) is 7.10. The van der Waals surface area contributed by atoms with Gasteiger partial charge in [-0.3, -0.25) is 9.59 Å². The number of likely N-dealkylation sites (tertiary alicyclic amines) is 1. The fraction of sp³-hybridized carbons (Fsp3) is 0.409. The van der Waals surface area contributed by atoms with Crippen molar-refractivity contribution in [2.24, 2.45) is 0 Å². The SMILES string of the molecule is CCCC(=O)Nc1ccc(CNc2ncccc2C(=O)N2CCCCC2)cc1. The topological polar surface area (TPSA) is 74.3 Å². The Hall–Kier alpha value is -2.89. The van der Waals surface area contributed by atoms with Crippen molar-refractivity contribution in [1.82, 2.24) is 9.88 Å². The molecule has 3 rings (SSSR count). The highest BCUT2D eigenvalue weighted by atomic mass is 16.2. The fourth-order valence-electron chi connectivity index (χ4n) is 3.33. The van der Waals surface area contributed by atoms with Crippen LogP contribution in [0, 0.1) is 0 Å². The number of nitrogens with zero attached hydrogens (tertiary/aromatic N) is 2. The molecule has 1 aromatic carbocycles. The molecule has 0 atom stereocenters. The molecule has 2 N–H and O–H groups in total. The van der Waals surface area contributed by atoms with Crippen LogP contribution in [0.3, 0.4) is 0 Å². The van der Waals surface area contributed by atoms with E-state index in [0.29, 0.717) is 24.3 Å². The van der Waals surface area contributed by atoms with E-state index in [2.05, 4.69) is 15.6 Å². The van der Waals surface area contributed by atoms with Gasteiger partial charge in [-0.1, -0.05) is 19.1 Å². The van der Waals surface area contributed by atoms with Gasteiger partial charge in [-0.05, 0) is 55.5 Å². The van der Waals surface area contributed by atoms with Crippen LogP contribution >= 0.6 is 0 Å². The van der Waals surface area contributed by atoms with E-state index in [0.717, 1.165) is 43.6 Å². The van der Waals surface area contributed by atoms with Gasteiger partial charge in [-0.25, -0.2) is 4.98 Å². The van der Waals surface area contributed by atoms with Gasteiger partial charge in [0, 0.05) is 37.9 Å². The molecule has 0 unspecified atom stereocenters. The number of piperidine rings is 1. The molecular formula is C22H28N4O2. The maximum absolute atomic E-state index is 12.8. The lowest BCUT2D eigenvalue weighted by Crippen LogP contribution is -2.36. The normalized spacial score (nSPS) is 13.8. The summed E-state index contributed by atoms with van der Waals surface area (Å²) in [7, 11) is 0. The molecule has 0 bridgehead atoms. The van der Waals surface area contributed by atoms with Crippen molar-refractivity contribution in [3.63, 3.8) is 0 Å². The van der Waals surface area contributed by atoms with Crippen LogP contribution in [0.1, 0.15) is 54.9 Å². The quantitative estimate of drug-likeness (QED) is 0.760. The number of aromatic nitrogens is 1. The molecule has 6 heteroatoms. The van der Waals surface area contributed by atoms with Gasteiger partial charge >= 0.3 is 0 Å². The third kappa shape index (κ3) is 5.31. The molecule has 2 amide bonds. The van der Waals surface area contributed by atoms with Crippen LogP contribution in [0.5, 0.6) is 0 Å². The molecule has 1 aliphatic heterocycles. The summed E-state index contributed by atoms with van der Waals surface area (Å²) in [5, 5.41) is 6.17. The highest BCUT2D eigenvalue weighted by Crippen LogP contribution is 2.19. The molecule has 1 saturated heterocycles. The first-order chi connectivity index (χ1) is 13.7. The second-order valence-corrected chi connectivity index (χ2v) is 7.10. The summed E-state index contributed by atoms with van der Waals surface area (Å²) in [4.78, 5) is 30.8. The third-order valence-corrected chi connectivity index (χ3v) is 4.86. The lowest BCUT2D eigenvalue weighted by Gasteiger charge is -2.27. The maximum Gasteiger partial charge on any atom is 0.257 e. The third-order valence-electron chi connectivity index (χ3n) is 4.86. The average Bonchev–Trinajstić information content (AvgIpc) is 2.74. The zero-order chi connectivity index (χ0) is 19.8. The predicted octanol–water partition coefficient (Wildman–Crippen LogP) is 4.06. The van der Waals surface area contributed by atoms with Crippen LogP contribution in [0.4, 0.5) is 11.5 Å². The van der Waals surface area contributed by atoms with Crippen molar-refractivity contribution >= 4 is 23.3 Å². The molecule has 2 heterocycles. The zero-order valence-electron chi connectivity index (χ0n) is 16.4. The van der Waals surface area contributed by atoms with Crippen LogP contribution in [0.15, 0.2) is 42.6 Å². The Kier molecular flexibility index (Phi) is 7.00. The molecule has 6 nitrogen and oxygen atoms in total. The van der Waals surface area contributed by atoms with Crippen molar-refractivity contribution in [3.8, 4) is 0 Å². The highest BCUT2D eigenvalue weighted by Gasteiger charge is 2.21. The molecule has 148 valence electrons. The van der Waals surface area contributed by atoms with Crippen LogP contribution in [-0.4, -0.2) is 34.8 Å². The summed E-state index contributed by atoms with van der Waals surface area (Å²) >= 11 is 0. The van der Waals surface area contributed by atoms with Gasteiger partial charge in [-0.2, -0.15) is 0 Å². The van der Waals surface area contributed by atoms with Crippen molar-refractivity contribution < 1.29 is 9.59 Å². The van der Waals surface area contributed by atoms with Crippen LogP contribution in [0.25, 0.3) is 0 Å². The van der Waals surface area contributed by atoms with E-state index >= 15 is 0 Å². The maximum atomic E-state index is 12.8. The van der Waals surface area contributed by atoms with Gasteiger partial charge < -0.3 is 15.5 Å². The summed E-state index contributed by atoms with van der Waals surface area (Å²) in [5.41, 5.74) is 2.46. The first-order valence-electron chi connectivity index (χ1n) is 10.0. The van der Waals surface area contributed by atoms with Gasteiger partial charge in [0.25, 0.3) is 5.91 Å². The molecule has 1 aliphatic rings. The molecule has 28 heavy (non-hydrogen) atoms. The second kappa shape index (κ2) is 9.88. The van der Waals surface area contributed by atoms with Crippen LogP contribution in [0.2, 0.25) is 0 Å². The molecule has 0 spiro atoms. The Morgan fingerprint density at radius 3 is 2.54 bits per heavy atom. The predicted molar refractivity (Wildman–Crippen MR) is 111 cm³/mol. The monoisotopic (exact) mass is 380 g/mol. The van der Waals surface area contributed by atoms with E-state index in [1.54, 1.807) is 12.3 Å². The number of nitrogens with one attached hydrogen (secondary N) is 2. The summed E-state index contributed by atoms with van der Waals surface area (Å²) in [6, 6.07) is 11.3. The Morgan fingerprint density at radius 2 is 1.82 bits per heavy atom.